The highest BCUT2D eigenvalue weighted by Gasteiger charge is 2.25. The Bertz CT molecular complexity index is 924. The van der Waals surface area contributed by atoms with Crippen molar-refractivity contribution in [2.45, 2.75) is 6.04 Å². The molecule has 0 radical (unpaired) electrons. The molecule has 1 aliphatic rings. The summed E-state index contributed by atoms with van der Waals surface area (Å²) in [6.45, 7) is 2.61. The predicted octanol–water partition coefficient (Wildman–Crippen LogP) is 3.08. The first-order valence-corrected chi connectivity index (χ1v) is 9.36. The lowest BCUT2D eigenvalue weighted by molar-refractivity contribution is 0.0937. The van der Waals surface area contributed by atoms with Crippen molar-refractivity contribution in [3.63, 3.8) is 0 Å². The minimum atomic E-state index is -0.563. The van der Waals surface area contributed by atoms with Crippen molar-refractivity contribution in [1.82, 2.24) is 15.5 Å². The molecule has 3 aromatic rings. The molecular formula is C20H19ClN4O3. The van der Waals surface area contributed by atoms with Crippen LogP contribution in [0.2, 0.25) is 5.02 Å². The fourth-order valence-electron chi connectivity index (χ4n) is 2.97. The molecule has 8 heteroatoms. The van der Waals surface area contributed by atoms with Crippen molar-refractivity contribution in [3.8, 4) is 0 Å². The topological polar surface area (TPSA) is 80.5 Å². The Morgan fingerprint density at radius 1 is 1.04 bits per heavy atom. The monoisotopic (exact) mass is 398 g/mol. The maximum Gasteiger partial charge on any atom is 0.318 e. The van der Waals surface area contributed by atoms with E-state index in [4.69, 9.17) is 20.8 Å². The fourth-order valence-corrected chi connectivity index (χ4v) is 3.10. The Labute approximate surface area is 167 Å². The van der Waals surface area contributed by atoms with Gasteiger partial charge in [-0.15, -0.1) is 5.10 Å². The van der Waals surface area contributed by atoms with Gasteiger partial charge in [-0.2, -0.15) is 0 Å². The molecule has 7 nitrogen and oxygen atoms in total. The highest BCUT2D eigenvalue weighted by molar-refractivity contribution is 6.30. The summed E-state index contributed by atoms with van der Waals surface area (Å²) in [5.41, 5.74) is 1.35. The van der Waals surface area contributed by atoms with Crippen LogP contribution < -0.4 is 10.2 Å². The van der Waals surface area contributed by atoms with Crippen LogP contribution in [-0.4, -0.2) is 42.4 Å². The molecule has 4 rings (SSSR count). The molecule has 1 amide bonds. The van der Waals surface area contributed by atoms with Gasteiger partial charge in [-0.3, -0.25) is 4.79 Å². The zero-order valence-electron chi connectivity index (χ0n) is 15.0. The van der Waals surface area contributed by atoms with E-state index in [2.05, 4.69) is 15.5 Å². The van der Waals surface area contributed by atoms with Gasteiger partial charge in [0.25, 0.3) is 5.91 Å². The van der Waals surface area contributed by atoms with E-state index in [0.29, 0.717) is 48.8 Å². The third-order valence-electron chi connectivity index (χ3n) is 4.47. The normalized spacial score (nSPS) is 15.2. The molecule has 0 spiro atoms. The van der Waals surface area contributed by atoms with Gasteiger partial charge < -0.3 is 19.4 Å². The number of carbonyl (C=O) groups excluding carboxylic acids is 1. The fraction of sp³-hybridized carbons (Fsp3) is 0.250. The number of morpholine rings is 1. The van der Waals surface area contributed by atoms with Crippen LogP contribution in [-0.2, 0) is 4.74 Å². The SMILES string of the molecule is O=C(N[C@H](c1ccccc1)c1nnc(N2CCOCC2)o1)c1ccc(Cl)cc1. The second kappa shape index (κ2) is 8.41. The summed E-state index contributed by atoms with van der Waals surface area (Å²) in [4.78, 5) is 14.7. The van der Waals surface area contributed by atoms with Crippen molar-refractivity contribution < 1.29 is 13.9 Å². The van der Waals surface area contributed by atoms with Crippen LogP contribution in [0.25, 0.3) is 0 Å². The van der Waals surface area contributed by atoms with Crippen molar-refractivity contribution in [2.24, 2.45) is 0 Å². The van der Waals surface area contributed by atoms with Crippen LogP contribution in [0.4, 0.5) is 6.01 Å². The van der Waals surface area contributed by atoms with E-state index in [9.17, 15) is 4.79 Å². The number of nitrogens with zero attached hydrogens (tertiary/aromatic N) is 3. The number of ether oxygens (including phenoxy) is 1. The van der Waals surface area contributed by atoms with Gasteiger partial charge in [0, 0.05) is 23.7 Å². The summed E-state index contributed by atoms with van der Waals surface area (Å²) in [6.07, 6.45) is 0. The number of hydrogen-bond acceptors (Lipinski definition) is 6. The summed E-state index contributed by atoms with van der Waals surface area (Å²) < 4.78 is 11.3. The molecule has 1 saturated heterocycles. The van der Waals surface area contributed by atoms with Gasteiger partial charge in [-0.05, 0) is 29.8 Å². The number of benzene rings is 2. The molecule has 1 fully saturated rings. The van der Waals surface area contributed by atoms with Crippen LogP contribution in [0.1, 0.15) is 27.9 Å². The van der Waals surface area contributed by atoms with Gasteiger partial charge in [0.15, 0.2) is 0 Å². The van der Waals surface area contributed by atoms with Crippen LogP contribution in [0.15, 0.2) is 59.0 Å². The number of rotatable bonds is 5. The van der Waals surface area contributed by atoms with Gasteiger partial charge >= 0.3 is 6.01 Å². The Balaban J connectivity index is 1.60. The highest BCUT2D eigenvalue weighted by atomic mass is 35.5. The first kappa shape index (κ1) is 18.5. The first-order valence-electron chi connectivity index (χ1n) is 8.98. The molecule has 144 valence electrons. The average molecular weight is 399 g/mol. The minimum Gasteiger partial charge on any atom is -0.405 e. The summed E-state index contributed by atoms with van der Waals surface area (Å²) in [5.74, 6) is 0.0756. The molecule has 1 aromatic heterocycles. The Kier molecular flexibility index (Phi) is 5.55. The molecule has 28 heavy (non-hydrogen) atoms. The molecule has 0 unspecified atom stereocenters. The molecule has 0 bridgehead atoms. The summed E-state index contributed by atoms with van der Waals surface area (Å²) >= 11 is 5.91. The van der Waals surface area contributed by atoms with Gasteiger partial charge in [0.2, 0.25) is 5.89 Å². The number of hydrogen-bond donors (Lipinski definition) is 1. The molecule has 1 atom stereocenters. The minimum absolute atomic E-state index is 0.253. The quantitative estimate of drug-likeness (QED) is 0.711. The average Bonchev–Trinajstić information content (AvgIpc) is 3.23. The van der Waals surface area contributed by atoms with Crippen LogP contribution in [0.5, 0.6) is 0 Å². The molecule has 0 aliphatic carbocycles. The third kappa shape index (κ3) is 4.16. The zero-order valence-corrected chi connectivity index (χ0v) is 15.8. The number of aromatic nitrogens is 2. The molecule has 2 heterocycles. The standard InChI is InChI=1S/C20H19ClN4O3/c21-16-8-6-15(7-9-16)18(26)22-17(14-4-2-1-3-5-14)19-23-24-20(28-19)25-10-12-27-13-11-25/h1-9,17H,10-13H2,(H,22,26)/t17-/m1/s1. The van der Waals surface area contributed by atoms with Gasteiger partial charge in [-0.1, -0.05) is 47.0 Å². The lowest BCUT2D eigenvalue weighted by atomic mass is 10.1. The first-order chi connectivity index (χ1) is 13.7. The second-order valence-electron chi connectivity index (χ2n) is 6.35. The smallest absolute Gasteiger partial charge is 0.318 e. The van der Waals surface area contributed by atoms with E-state index < -0.39 is 6.04 Å². The van der Waals surface area contributed by atoms with Crippen LogP contribution >= 0.6 is 11.6 Å². The molecule has 0 saturated carbocycles. The van der Waals surface area contributed by atoms with E-state index in [0.717, 1.165) is 5.56 Å². The number of carbonyl (C=O) groups is 1. The number of amides is 1. The van der Waals surface area contributed by atoms with E-state index >= 15 is 0 Å². The third-order valence-corrected chi connectivity index (χ3v) is 4.73. The highest BCUT2D eigenvalue weighted by Crippen LogP contribution is 2.25. The van der Waals surface area contributed by atoms with Crippen molar-refractivity contribution in [2.75, 3.05) is 31.2 Å². The van der Waals surface area contributed by atoms with Crippen LogP contribution in [0, 0.1) is 0 Å². The van der Waals surface area contributed by atoms with Gasteiger partial charge in [-0.25, -0.2) is 0 Å². The van der Waals surface area contributed by atoms with Crippen molar-refractivity contribution >= 4 is 23.5 Å². The van der Waals surface area contributed by atoms with Crippen molar-refractivity contribution in [1.29, 1.82) is 0 Å². The van der Waals surface area contributed by atoms with Crippen molar-refractivity contribution in [3.05, 3.63) is 76.6 Å². The lowest BCUT2D eigenvalue weighted by Gasteiger charge is -2.24. The number of halogens is 1. The van der Waals surface area contributed by atoms with Crippen LogP contribution in [0.3, 0.4) is 0 Å². The molecular weight excluding hydrogens is 380 g/mol. The zero-order chi connectivity index (χ0) is 19.3. The maximum absolute atomic E-state index is 12.8. The molecule has 2 aromatic carbocycles. The maximum atomic E-state index is 12.8. The number of anilines is 1. The van der Waals surface area contributed by atoms with Gasteiger partial charge in [0.05, 0.1) is 13.2 Å². The van der Waals surface area contributed by atoms with Gasteiger partial charge in [0.1, 0.15) is 6.04 Å². The largest absolute Gasteiger partial charge is 0.405 e. The summed E-state index contributed by atoms with van der Waals surface area (Å²) in [5, 5.41) is 11.9. The number of nitrogens with one attached hydrogen (secondary N) is 1. The Morgan fingerprint density at radius 3 is 2.46 bits per heavy atom. The van der Waals surface area contributed by atoms with E-state index in [1.165, 1.54) is 0 Å². The summed E-state index contributed by atoms with van der Waals surface area (Å²) in [7, 11) is 0. The molecule has 1 N–H and O–H groups in total. The molecule has 1 aliphatic heterocycles. The second-order valence-corrected chi connectivity index (χ2v) is 6.78. The Hall–Kier alpha value is -2.90. The Morgan fingerprint density at radius 2 is 1.75 bits per heavy atom. The predicted molar refractivity (Wildman–Crippen MR) is 105 cm³/mol. The van der Waals surface area contributed by atoms with E-state index in [1.807, 2.05) is 35.2 Å². The lowest BCUT2D eigenvalue weighted by Crippen LogP contribution is -2.36. The summed E-state index contributed by atoms with van der Waals surface area (Å²) in [6, 6.07) is 16.1. The van der Waals surface area contributed by atoms with E-state index in [1.54, 1.807) is 24.3 Å². The van der Waals surface area contributed by atoms with E-state index in [-0.39, 0.29) is 5.91 Å².